The Labute approximate surface area is 87.3 Å². The van der Waals surface area contributed by atoms with Crippen LogP contribution in [0.15, 0.2) is 17.2 Å². The molecule has 1 aromatic heterocycles. The van der Waals surface area contributed by atoms with Crippen molar-refractivity contribution in [2.24, 2.45) is 12.9 Å². The fraction of sp³-hybridized carbons (Fsp3) is 0.286. The number of nitrogens with two attached hydrogens (primary N) is 1. The van der Waals surface area contributed by atoms with Gasteiger partial charge in [0.05, 0.1) is 0 Å². The second-order valence-corrected chi connectivity index (χ2v) is 4.59. The largest absolute Gasteiger partial charge is 0.354 e. The van der Waals surface area contributed by atoms with E-state index in [0.29, 0.717) is 0 Å². The number of hydrogen-bond donors (Lipinski definition) is 3. The highest BCUT2D eigenvalue weighted by atomic mass is 32.2. The first kappa shape index (κ1) is 11.7. The van der Waals surface area contributed by atoms with Crippen molar-refractivity contribution in [3.63, 3.8) is 0 Å². The molecule has 0 aliphatic heterocycles. The highest BCUT2D eigenvalue weighted by Crippen LogP contribution is 2.12. The summed E-state index contributed by atoms with van der Waals surface area (Å²) in [7, 11) is -0.682. The Kier molecular flexibility index (Phi) is 3.12. The summed E-state index contributed by atoms with van der Waals surface area (Å²) >= 11 is 0. The zero-order chi connectivity index (χ0) is 11.6. The molecule has 0 bridgehead atoms. The molecule has 0 aliphatic rings. The summed E-state index contributed by atoms with van der Waals surface area (Å²) in [4.78, 5) is 12.9. The first-order valence-corrected chi connectivity index (χ1v) is 5.51. The van der Waals surface area contributed by atoms with Crippen LogP contribution in [0.5, 0.6) is 0 Å². The number of nitrogens with one attached hydrogen (secondary N) is 2. The van der Waals surface area contributed by atoms with Crippen molar-refractivity contribution >= 4 is 15.9 Å². The Morgan fingerprint density at radius 2 is 2.13 bits per heavy atom. The summed E-state index contributed by atoms with van der Waals surface area (Å²) in [5.74, 6) is 4.49. The van der Waals surface area contributed by atoms with E-state index in [1.165, 1.54) is 23.9 Å². The Bertz CT molecular complexity index is 476. The number of rotatable bonds is 3. The van der Waals surface area contributed by atoms with Gasteiger partial charge in [0.2, 0.25) is 0 Å². The van der Waals surface area contributed by atoms with Crippen LogP contribution in [0.1, 0.15) is 10.5 Å². The molecular formula is C7H12N4O3S. The summed E-state index contributed by atoms with van der Waals surface area (Å²) < 4.78 is 24.0. The molecule has 1 aromatic rings. The second kappa shape index (κ2) is 4.01. The average Bonchev–Trinajstić information content (AvgIpc) is 2.60. The van der Waals surface area contributed by atoms with Crippen LogP contribution in [0.25, 0.3) is 0 Å². The van der Waals surface area contributed by atoms with Gasteiger partial charge in [-0.15, -0.1) is 0 Å². The maximum absolute atomic E-state index is 11.3. The Morgan fingerprint density at radius 1 is 1.53 bits per heavy atom. The van der Waals surface area contributed by atoms with Gasteiger partial charge >= 0.3 is 0 Å². The van der Waals surface area contributed by atoms with Crippen LogP contribution in [0.2, 0.25) is 0 Å². The van der Waals surface area contributed by atoms with Crippen LogP contribution in [0.3, 0.4) is 0 Å². The molecule has 0 aromatic carbocycles. The molecule has 4 N–H and O–H groups in total. The summed E-state index contributed by atoms with van der Waals surface area (Å²) in [6, 6.07) is 1.24. The molecule has 0 spiro atoms. The molecule has 0 atom stereocenters. The molecule has 0 aliphatic carbocycles. The van der Waals surface area contributed by atoms with E-state index >= 15 is 0 Å². The van der Waals surface area contributed by atoms with Gasteiger partial charge in [0.25, 0.3) is 15.9 Å². The molecule has 1 amide bonds. The molecule has 0 unspecified atom stereocenters. The zero-order valence-electron chi connectivity index (χ0n) is 8.31. The predicted octanol–water partition coefficient (Wildman–Crippen LogP) is -1.46. The lowest BCUT2D eigenvalue weighted by atomic mass is 10.4. The van der Waals surface area contributed by atoms with Gasteiger partial charge in [-0.25, -0.2) is 8.42 Å². The fourth-order valence-electron chi connectivity index (χ4n) is 1.10. The van der Waals surface area contributed by atoms with Crippen LogP contribution in [0, 0.1) is 0 Å². The second-order valence-electron chi connectivity index (χ2n) is 2.87. The predicted molar refractivity (Wildman–Crippen MR) is 53.3 cm³/mol. The number of carbonyl (C=O) groups excluding carboxylic acids is 1. The monoisotopic (exact) mass is 232 g/mol. The van der Waals surface area contributed by atoms with E-state index in [9.17, 15) is 13.2 Å². The van der Waals surface area contributed by atoms with Gasteiger partial charge in [-0.3, -0.25) is 10.6 Å². The third-order valence-electron chi connectivity index (χ3n) is 1.91. The molecule has 0 saturated carbocycles. The van der Waals surface area contributed by atoms with Crippen LogP contribution >= 0.6 is 0 Å². The molecule has 0 saturated heterocycles. The lowest BCUT2D eigenvalue weighted by Gasteiger charge is -1.98. The minimum absolute atomic E-state index is 0.0499. The zero-order valence-corrected chi connectivity index (χ0v) is 9.13. The SMILES string of the molecule is CNC(=O)c1cc(S(=O)(=O)NN)cn1C. The van der Waals surface area contributed by atoms with Gasteiger partial charge in [0.15, 0.2) is 0 Å². The summed E-state index contributed by atoms with van der Waals surface area (Å²) in [5.41, 5.74) is 0.242. The summed E-state index contributed by atoms with van der Waals surface area (Å²) in [6.45, 7) is 0. The molecule has 0 radical (unpaired) electrons. The summed E-state index contributed by atoms with van der Waals surface area (Å²) in [6.07, 6.45) is 1.31. The Morgan fingerprint density at radius 3 is 2.60 bits per heavy atom. The van der Waals surface area contributed by atoms with E-state index in [4.69, 9.17) is 5.84 Å². The molecule has 8 heteroatoms. The average molecular weight is 232 g/mol. The van der Waals surface area contributed by atoms with Crippen molar-refractivity contribution in [3.05, 3.63) is 18.0 Å². The Hall–Kier alpha value is -1.38. The van der Waals surface area contributed by atoms with Crippen molar-refractivity contribution in [2.45, 2.75) is 4.90 Å². The van der Waals surface area contributed by atoms with Crippen LogP contribution in [-0.4, -0.2) is 25.9 Å². The number of nitrogens with zero attached hydrogens (tertiary/aromatic N) is 1. The lowest BCUT2D eigenvalue weighted by molar-refractivity contribution is 0.0955. The molecule has 0 fully saturated rings. The number of carbonyl (C=O) groups is 1. The van der Waals surface area contributed by atoms with E-state index in [1.807, 2.05) is 0 Å². The summed E-state index contributed by atoms with van der Waals surface area (Å²) in [5, 5.41) is 2.40. The van der Waals surface area contributed by atoms with Gasteiger partial charge in [-0.05, 0) is 6.07 Å². The van der Waals surface area contributed by atoms with Crippen molar-refractivity contribution in [1.82, 2.24) is 14.7 Å². The number of aromatic nitrogens is 1. The highest BCUT2D eigenvalue weighted by Gasteiger charge is 2.18. The highest BCUT2D eigenvalue weighted by molar-refractivity contribution is 7.89. The van der Waals surface area contributed by atoms with E-state index in [-0.39, 0.29) is 16.5 Å². The van der Waals surface area contributed by atoms with E-state index in [2.05, 4.69) is 5.32 Å². The Balaban J connectivity index is 3.23. The van der Waals surface area contributed by atoms with Crippen LogP contribution in [0.4, 0.5) is 0 Å². The minimum Gasteiger partial charge on any atom is -0.354 e. The number of amides is 1. The van der Waals surface area contributed by atoms with Crippen molar-refractivity contribution < 1.29 is 13.2 Å². The van der Waals surface area contributed by atoms with Gasteiger partial charge in [0, 0.05) is 20.3 Å². The fourth-order valence-corrected chi connectivity index (χ4v) is 1.80. The normalized spacial score (nSPS) is 11.4. The molecule has 1 heterocycles. The number of sulfonamides is 1. The molecule has 84 valence electrons. The molecule has 15 heavy (non-hydrogen) atoms. The van der Waals surface area contributed by atoms with E-state index in [1.54, 1.807) is 11.9 Å². The third kappa shape index (κ3) is 2.17. The number of aryl methyl sites for hydroxylation is 1. The van der Waals surface area contributed by atoms with Crippen molar-refractivity contribution in [1.29, 1.82) is 0 Å². The van der Waals surface area contributed by atoms with Gasteiger partial charge in [-0.2, -0.15) is 4.83 Å². The topological polar surface area (TPSA) is 106 Å². The maximum Gasteiger partial charge on any atom is 0.267 e. The first-order valence-electron chi connectivity index (χ1n) is 4.03. The smallest absolute Gasteiger partial charge is 0.267 e. The van der Waals surface area contributed by atoms with Crippen molar-refractivity contribution in [2.75, 3.05) is 7.05 Å². The third-order valence-corrected chi connectivity index (χ3v) is 3.06. The van der Waals surface area contributed by atoms with E-state index < -0.39 is 10.0 Å². The van der Waals surface area contributed by atoms with Crippen molar-refractivity contribution in [3.8, 4) is 0 Å². The maximum atomic E-state index is 11.3. The first-order chi connectivity index (χ1) is 6.92. The van der Waals surface area contributed by atoms with Gasteiger partial charge < -0.3 is 9.88 Å². The number of hydrazine groups is 1. The lowest BCUT2D eigenvalue weighted by Crippen LogP contribution is -2.29. The van der Waals surface area contributed by atoms with Gasteiger partial charge in [-0.1, -0.05) is 0 Å². The molecule has 7 nitrogen and oxygen atoms in total. The van der Waals surface area contributed by atoms with Gasteiger partial charge in [0.1, 0.15) is 10.6 Å². The van der Waals surface area contributed by atoms with Crippen LogP contribution in [-0.2, 0) is 17.1 Å². The molecular weight excluding hydrogens is 220 g/mol. The minimum atomic E-state index is -3.71. The number of hydrogen-bond acceptors (Lipinski definition) is 4. The van der Waals surface area contributed by atoms with E-state index in [0.717, 1.165) is 0 Å². The van der Waals surface area contributed by atoms with Crippen LogP contribution < -0.4 is 16.0 Å². The standard InChI is InChI=1S/C7H12N4O3S/c1-9-7(12)6-3-5(4-11(6)2)15(13,14)10-8/h3-4,10H,8H2,1-2H3,(H,9,12). The molecule has 1 rings (SSSR count). The quantitative estimate of drug-likeness (QED) is 0.437.